The lowest BCUT2D eigenvalue weighted by Gasteiger charge is -2.13. The molecule has 2 atom stereocenters. The Bertz CT molecular complexity index is 243. The molecular weight excluding hydrogens is 235 g/mol. The zero-order chi connectivity index (χ0) is 11.9. The summed E-state index contributed by atoms with van der Waals surface area (Å²) in [6, 6.07) is 0. The summed E-state index contributed by atoms with van der Waals surface area (Å²) in [7, 11) is -3.15. The molecule has 15 heavy (non-hydrogen) atoms. The number of carbonyl (C=O) groups excluding carboxylic acids is 1. The minimum atomic E-state index is -3.15. The van der Waals surface area contributed by atoms with Gasteiger partial charge in [0, 0.05) is 18.2 Å². The highest BCUT2D eigenvalue weighted by molar-refractivity contribution is 7.58. The first-order valence-electron chi connectivity index (χ1n) is 5.39. The topological polar surface area (TPSA) is 54.4 Å². The van der Waals surface area contributed by atoms with Crippen LogP contribution in [0.1, 0.15) is 39.5 Å². The number of carbonyl (C=O) groups is 1. The summed E-state index contributed by atoms with van der Waals surface area (Å²) in [6.45, 7) is 3.68. The Morgan fingerprint density at radius 1 is 1.40 bits per heavy atom. The molecule has 2 unspecified atom stereocenters. The van der Waals surface area contributed by atoms with Crippen molar-refractivity contribution in [2.24, 2.45) is 5.92 Å². The average molecular weight is 255 g/mol. The van der Waals surface area contributed by atoms with Gasteiger partial charge in [0.2, 0.25) is 12.6 Å². The molecule has 0 aromatic carbocycles. The fourth-order valence-electron chi connectivity index (χ4n) is 1.38. The quantitative estimate of drug-likeness (QED) is 0.411. The third-order valence-electron chi connectivity index (χ3n) is 2.31. The molecule has 0 aromatic heterocycles. The Morgan fingerprint density at radius 3 is 2.47 bits per heavy atom. The minimum Gasteiger partial charge on any atom is -0.344 e. The van der Waals surface area contributed by atoms with Crippen molar-refractivity contribution in [2.75, 3.05) is 12.3 Å². The van der Waals surface area contributed by atoms with Crippen molar-refractivity contribution in [3.05, 3.63) is 0 Å². The predicted molar refractivity (Wildman–Crippen MR) is 63.7 cm³/mol. The highest BCUT2D eigenvalue weighted by Crippen LogP contribution is 2.43. The Balaban J connectivity index is 3.86. The molecule has 0 saturated heterocycles. The van der Waals surface area contributed by atoms with Crippen molar-refractivity contribution in [1.29, 1.82) is 0 Å². The molecule has 0 radical (unpaired) electrons. The Labute approximate surface area is 96.7 Å². The third-order valence-corrected chi connectivity index (χ3v) is 4.81. The molecule has 0 aliphatic rings. The summed E-state index contributed by atoms with van der Waals surface area (Å²) in [5.41, 5.74) is 0. The van der Waals surface area contributed by atoms with Gasteiger partial charge in [0.05, 0.1) is 0 Å². The standard InChI is InChI=1S/C10H20ClO3P/c1-3-4-5-6-7-15(13,14)8-9(2)10(11)12/h9H,3-8H2,1-2H3,(H,13,14). The molecule has 0 saturated carbocycles. The monoisotopic (exact) mass is 254 g/mol. The van der Waals surface area contributed by atoms with Crippen molar-refractivity contribution >= 4 is 24.2 Å². The summed E-state index contributed by atoms with van der Waals surface area (Å²) in [4.78, 5) is 20.3. The Morgan fingerprint density at radius 2 is 2.00 bits per heavy atom. The van der Waals surface area contributed by atoms with Gasteiger partial charge >= 0.3 is 0 Å². The van der Waals surface area contributed by atoms with Crippen LogP contribution in [-0.2, 0) is 9.36 Å². The van der Waals surface area contributed by atoms with Gasteiger partial charge in [-0.25, -0.2) is 0 Å². The van der Waals surface area contributed by atoms with Crippen molar-refractivity contribution in [3.8, 4) is 0 Å². The first kappa shape index (κ1) is 15.2. The van der Waals surface area contributed by atoms with Gasteiger partial charge in [-0.05, 0) is 18.0 Å². The first-order valence-corrected chi connectivity index (χ1v) is 7.80. The summed E-state index contributed by atoms with van der Waals surface area (Å²) >= 11 is 5.25. The van der Waals surface area contributed by atoms with E-state index in [4.69, 9.17) is 11.6 Å². The maximum Gasteiger partial charge on any atom is 0.224 e. The smallest absolute Gasteiger partial charge is 0.224 e. The first-order chi connectivity index (χ1) is 6.89. The van der Waals surface area contributed by atoms with E-state index < -0.39 is 18.5 Å². The largest absolute Gasteiger partial charge is 0.344 e. The van der Waals surface area contributed by atoms with Crippen LogP contribution in [0.5, 0.6) is 0 Å². The number of rotatable bonds is 8. The van der Waals surface area contributed by atoms with Crippen LogP contribution in [-0.4, -0.2) is 22.5 Å². The van der Waals surface area contributed by atoms with E-state index in [0.717, 1.165) is 25.7 Å². The van der Waals surface area contributed by atoms with Crippen LogP contribution in [0.25, 0.3) is 0 Å². The van der Waals surface area contributed by atoms with E-state index >= 15 is 0 Å². The lowest BCUT2D eigenvalue weighted by atomic mass is 10.2. The highest BCUT2D eigenvalue weighted by atomic mass is 35.5. The fraction of sp³-hybridized carbons (Fsp3) is 0.900. The van der Waals surface area contributed by atoms with Crippen LogP contribution in [0.15, 0.2) is 0 Å². The van der Waals surface area contributed by atoms with Gasteiger partial charge in [-0.3, -0.25) is 9.36 Å². The summed E-state index contributed by atoms with van der Waals surface area (Å²) in [6.07, 6.45) is 4.24. The van der Waals surface area contributed by atoms with Crippen LogP contribution in [0.4, 0.5) is 0 Å². The van der Waals surface area contributed by atoms with Crippen molar-refractivity contribution in [2.45, 2.75) is 39.5 Å². The molecule has 0 spiro atoms. The molecule has 0 aliphatic carbocycles. The van der Waals surface area contributed by atoms with Gasteiger partial charge in [-0.1, -0.05) is 33.1 Å². The molecule has 0 fully saturated rings. The van der Waals surface area contributed by atoms with Gasteiger partial charge < -0.3 is 4.89 Å². The van der Waals surface area contributed by atoms with Crippen LogP contribution in [0.3, 0.4) is 0 Å². The number of halogens is 1. The number of unbranched alkanes of at least 4 members (excludes halogenated alkanes) is 3. The molecule has 3 nitrogen and oxygen atoms in total. The van der Waals surface area contributed by atoms with Gasteiger partial charge in [-0.15, -0.1) is 0 Å². The maximum atomic E-state index is 11.6. The zero-order valence-corrected chi connectivity index (χ0v) is 11.1. The van der Waals surface area contributed by atoms with E-state index in [1.165, 1.54) is 0 Å². The molecule has 0 amide bonds. The molecule has 0 aliphatic heterocycles. The lowest BCUT2D eigenvalue weighted by molar-refractivity contribution is -0.114. The SMILES string of the molecule is CCCCCCP(=O)(O)CC(C)C(=O)Cl. The third kappa shape index (κ3) is 8.01. The predicted octanol–water partition coefficient (Wildman–Crippen LogP) is 3.24. The molecule has 5 heteroatoms. The maximum absolute atomic E-state index is 11.6. The molecule has 0 heterocycles. The summed E-state index contributed by atoms with van der Waals surface area (Å²) in [5, 5.41) is -0.530. The van der Waals surface area contributed by atoms with Gasteiger partial charge in [-0.2, -0.15) is 0 Å². The van der Waals surface area contributed by atoms with E-state index in [-0.39, 0.29) is 6.16 Å². The Hall–Kier alpha value is 0.150. The molecule has 0 rings (SSSR count). The minimum absolute atomic E-state index is 0.0153. The van der Waals surface area contributed by atoms with Crippen LogP contribution >= 0.6 is 19.0 Å². The second kappa shape index (κ2) is 7.43. The van der Waals surface area contributed by atoms with Gasteiger partial charge in [0.1, 0.15) is 0 Å². The van der Waals surface area contributed by atoms with Crippen molar-refractivity contribution in [1.82, 2.24) is 0 Å². The van der Waals surface area contributed by atoms with E-state index in [0.29, 0.717) is 6.16 Å². The van der Waals surface area contributed by atoms with Gasteiger partial charge in [0.25, 0.3) is 0 Å². The van der Waals surface area contributed by atoms with Crippen LogP contribution < -0.4 is 0 Å². The number of hydrogen-bond donors (Lipinski definition) is 1. The van der Waals surface area contributed by atoms with E-state index in [9.17, 15) is 14.3 Å². The van der Waals surface area contributed by atoms with E-state index in [1.807, 2.05) is 0 Å². The second-order valence-corrected chi connectivity index (χ2v) is 6.90. The van der Waals surface area contributed by atoms with Crippen LogP contribution in [0.2, 0.25) is 0 Å². The van der Waals surface area contributed by atoms with Gasteiger partial charge in [0.15, 0.2) is 0 Å². The normalized spacial score (nSPS) is 17.1. The molecule has 1 N–H and O–H groups in total. The lowest BCUT2D eigenvalue weighted by Crippen LogP contribution is -2.11. The zero-order valence-electron chi connectivity index (χ0n) is 9.41. The molecule has 90 valence electrons. The summed E-state index contributed by atoms with van der Waals surface area (Å²) < 4.78 is 11.6. The van der Waals surface area contributed by atoms with E-state index in [1.54, 1.807) is 6.92 Å². The van der Waals surface area contributed by atoms with E-state index in [2.05, 4.69) is 6.92 Å². The van der Waals surface area contributed by atoms with Crippen molar-refractivity contribution in [3.63, 3.8) is 0 Å². The highest BCUT2D eigenvalue weighted by Gasteiger charge is 2.24. The molecular formula is C10H20ClO3P. The summed E-state index contributed by atoms with van der Waals surface area (Å²) in [5.74, 6) is -0.520. The van der Waals surface area contributed by atoms with Crippen molar-refractivity contribution < 1.29 is 14.3 Å². The fourth-order valence-corrected chi connectivity index (χ4v) is 3.48. The Kier molecular flexibility index (Phi) is 7.50. The number of hydrogen-bond acceptors (Lipinski definition) is 2. The molecule has 0 aromatic rings. The van der Waals surface area contributed by atoms with Crippen LogP contribution in [0, 0.1) is 5.92 Å². The molecule has 0 bridgehead atoms. The average Bonchev–Trinajstić information content (AvgIpc) is 2.11. The second-order valence-electron chi connectivity index (χ2n) is 4.02.